The van der Waals surface area contributed by atoms with Crippen molar-refractivity contribution < 1.29 is 4.74 Å². The Morgan fingerprint density at radius 3 is 2.88 bits per heavy atom. The normalized spacial score (nSPS) is 24.7. The second kappa shape index (κ2) is 4.98. The highest BCUT2D eigenvalue weighted by Gasteiger charge is 2.23. The molecule has 1 fully saturated rings. The molecule has 92 valence electrons. The Morgan fingerprint density at radius 1 is 1.53 bits per heavy atom. The molecule has 0 saturated carbocycles. The minimum Gasteiger partial charge on any atom is -0.388 e. The molecule has 2 unspecified atom stereocenters. The quantitative estimate of drug-likeness (QED) is 0.804. The van der Waals surface area contributed by atoms with Crippen LogP contribution in [0.4, 0.5) is 5.69 Å². The summed E-state index contributed by atoms with van der Waals surface area (Å²) in [5.74, 6) is 0. The average molecular weight is 251 g/mol. The maximum absolute atomic E-state index is 5.60. The Kier molecular flexibility index (Phi) is 3.59. The van der Waals surface area contributed by atoms with E-state index in [9.17, 15) is 0 Å². The van der Waals surface area contributed by atoms with Crippen LogP contribution in [-0.4, -0.2) is 35.3 Å². The Bertz CT molecular complexity index is 407. The van der Waals surface area contributed by atoms with Crippen LogP contribution in [0, 0.1) is 0 Å². The maximum Gasteiger partial charge on any atom is 0.122 e. The SMILES string of the molecule is CC1CN(c2ccc(C(N)=S)nc2)C(C)CO1. The van der Waals surface area contributed by atoms with Crippen molar-refractivity contribution in [1.29, 1.82) is 0 Å². The summed E-state index contributed by atoms with van der Waals surface area (Å²) in [5.41, 5.74) is 7.28. The summed E-state index contributed by atoms with van der Waals surface area (Å²) in [7, 11) is 0. The van der Waals surface area contributed by atoms with Gasteiger partial charge < -0.3 is 15.4 Å². The first-order chi connectivity index (χ1) is 8.08. The molecule has 17 heavy (non-hydrogen) atoms. The first-order valence-corrected chi connectivity index (χ1v) is 6.13. The van der Waals surface area contributed by atoms with Gasteiger partial charge in [0.2, 0.25) is 0 Å². The molecule has 0 aromatic carbocycles. The summed E-state index contributed by atoms with van der Waals surface area (Å²) >= 11 is 4.89. The smallest absolute Gasteiger partial charge is 0.122 e. The van der Waals surface area contributed by atoms with E-state index in [0.29, 0.717) is 16.7 Å². The summed E-state index contributed by atoms with van der Waals surface area (Å²) < 4.78 is 5.60. The van der Waals surface area contributed by atoms with E-state index in [1.54, 1.807) is 0 Å². The lowest BCUT2D eigenvalue weighted by molar-refractivity contribution is 0.0343. The van der Waals surface area contributed by atoms with E-state index in [2.05, 4.69) is 23.7 Å². The third-order valence-corrected chi connectivity index (χ3v) is 3.15. The molecule has 0 amide bonds. The Labute approximate surface area is 107 Å². The second-order valence-corrected chi connectivity index (χ2v) is 4.85. The molecule has 0 radical (unpaired) electrons. The number of hydrogen-bond donors (Lipinski definition) is 1. The molecule has 2 rings (SSSR count). The van der Waals surface area contributed by atoms with Crippen LogP contribution in [-0.2, 0) is 4.74 Å². The van der Waals surface area contributed by atoms with Gasteiger partial charge in [0.25, 0.3) is 0 Å². The Hall–Kier alpha value is -1.20. The monoisotopic (exact) mass is 251 g/mol. The van der Waals surface area contributed by atoms with E-state index in [1.165, 1.54) is 0 Å². The van der Waals surface area contributed by atoms with E-state index in [0.717, 1.165) is 18.8 Å². The highest BCUT2D eigenvalue weighted by molar-refractivity contribution is 7.80. The molecule has 2 heterocycles. The predicted molar refractivity (Wildman–Crippen MR) is 72.3 cm³/mol. The summed E-state index contributed by atoms with van der Waals surface area (Å²) in [6.45, 7) is 5.86. The first kappa shape index (κ1) is 12.3. The predicted octanol–water partition coefficient (Wildman–Crippen LogP) is 1.33. The maximum atomic E-state index is 5.60. The van der Waals surface area contributed by atoms with Gasteiger partial charge in [0, 0.05) is 12.6 Å². The third kappa shape index (κ3) is 2.73. The molecule has 5 heteroatoms. The van der Waals surface area contributed by atoms with E-state index in [4.69, 9.17) is 22.7 Å². The zero-order valence-electron chi connectivity index (χ0n) is 10.1. The summed E-state index contributed by atoms with van der Waals surface area (Å²) in [6, 6.07) is 4.24. The summed E-state index contributed by atoms with van der Waals surface area (Å²) in [6.07, 6.45) is 2.07. The number of thiocarbonyl (C=S) groups is 1. The number of hydrogen-bond acceptors (Lipinski definition) is 4. The summed E-state index contributed by atoms with van der Waals surface area (Å²) in [4.78, 5) is 6.89. The molecule has 1 aromatic heterocycles. The van der Waals surface area contributed by atoms with Crippen molar-refractivity contribution in [1.82, 2.24) is 4.98 Å². The molecule has 4 nitrogen and oxygen atoms in total. The molecule has 1 aliphatic rings. The van der Waals surface area contributed by atoms with Gasteiger partial charge in [0.05, 0.1) is 30.3 Å². The van der Waals surface area contributed by atoms with Crippen LogP contribution in [0.25, 0.3) is 0 Å². The number of nitrogens with zero attached hydrogens (tertiary/aromatic N) is 2. The fourth-order valence-corrected chi connectivity index (χ4v) is 2.09. The number of anilines is 1. The lowest BCUT2D eigenvalue weighted by atomic mass is 10.2. The minimum atomic E-state index is 0.251. The van der Waals surface area contributed by atoms with Crippen LogP contribution in [0.3, 0.4) is 0 Å². The second-order valence-electron chi connectivity index (χ2n) is 4.41. The fraction of sp³-hybridized carbons (Fsp3) is 0.500. The fourth-order valence-electron chi connectivity index (χ4n) is 1.96. The number of aromatic nitrogens is 1. The highest BCUT2D eigenvalue weighted by Crippen LogP contribution is 2.20. The molecule has 2 atom stereocenters. The molecular weight excluding hydrogens is 234 g/mol. The van der Waals surface area contributed by atoms with Crippen molar-refractivity contribution in [2.75, 3.05) is 18.1 Å². The summed E-state index contributed by atoms with van der Waals surface area (Å²) in [5, 5.41) is 0. The van der Waals surface area contributed by atoms with E-state index in [-0.39, 0.29) is 6.10 Å². The van der Waals surface area contributed by atoms with Crippen LogP contribution >= 0.6 is 12.2 Å². The lowest BCUT2D eigenvalue weighted by Gasteiger charge is -2.38. The molecule has 1 saturated heterocycles. The van der Waals surface area contributed by atoms with Gasteiger partial charge >= 0.3 is 0 Å². The van der Waals surface area contributed by atoms with Crippen molar-refractivity contribution in [3.8, 4) is 0 Å². The standard InChI is InChI=1S/C12H17N3OS/c1-8-7-16-9(2)6-15(8)10-3-4-11(12(13)17)14-5-10/h3-5,8-9H,6-7H2,1-2H3,(H2,13,17). The molecule has 2 N–H and O–H groups in total. The zero-order valence-corrected chi connectivity index (χ0v) is 10.9. The molecule has 0 spiro atoms. The van der Waals surface area contributed by atoms with Crippen molar-refractivity contribution in [2.24, 2.45) is 5.73 Å². The molecule has 1 aromatic rings. The number of nitrogens with two attached hydrogens (primary N) is 1. The molecule has 1 aliphatic heterocycles. The Balaban J connectivity index is 2.18. The number of ether oxygens (including phenoxy) is 1. The van der Waals surface area contributed by atoms with Gasteiger partial charge in [-0.25, -0.2) is 0 Å². The average Bonchev–Trinajstić information content (AvgIpc) is 2.32. The minimum absolute atomic E-state index is 0.251. The van der Waals surface area contributed by atoms with Crippen molar-refractivity contribution in [2.45, 2.75) is 26.0 Å². The van der Waals surface area contributed by atoms with Gasteiger partial charge in [-0.2, -0.15) is 0 Å². The van der Waals surface area contributed by atoms with Crippen LogP contribution in [0.5, 0.6) is 0 Å². The van der Waals surface area contributed by atoms with Crippen molar-refractivity contribution in [3.63, 3.8) is 0 Å². The first-order valence-electron chi connectivity index (χ1n) is 5.72. The zero-order chi connectivity index (χ0) is 12.4. The number of rotatable bonds is 2. The number of morpholine rings is 1. The van der Waals surface area contributed by atoms with E-state index >= 15 is 0 Å². The molecule has 0 bridgehead atoms. The van der Waals surface area contributed by atoms with E-state index in [1.807, 2.05) is 18.3 Å². The topological polar surface area (TPSA) is 51.4 Å². The van der Waals surface area contributed by atoms with Gasteiger partial charge in [-0.05, 0) is 26.0 Å². The molecule has 0 aliphatic carbocycles. The lowest BCUT2D eigenvalue weighted by Crippen LogP contribution is -2.47. The van der Waals surface area contributed by atoms with Crippen LogP contribution in [0.2, 0.25) is 0 Å². The van der Waals surface area contributed by atoms with Crippen molar-refractivity contribution in [3.05, 3.63) is 24.0 Å². The van der Waals surface area contributed by atoms with Gasteiger partial charge in [0.1, 0.15) is 4.99 Å². The van der Waals surface area contributed by atoms with Crippen LogP contribution in [0.1, 0.15) is 19.5 Å². The van der Waals surface area contributed by atoms with Crippen molar-refractivity contribution >= 4 is 22.9 Å². The van der Waals surface area contributed by atoms with Gasteiger partial charge in [0.15, 0.2) is 0 Å². The molecular formula is C12H17N3OS. The third-order valence-electron chi connectivity index (χ3n) is 2.94. The highest BCUT2D eigenvalue weighted by atomic mass is 32.1. The van der Waals surface area contributed by atoms with E-state index < -0.39 is 0 Å². The number of pyridine rings is 1. The van der Waals surface area contributed by atoms with Gasteiger partial charge in [-0.1, -0.05) is 12.2 Å². The Morgan fingerprint density at radius 2 is 2.29 bits per heavy atom. The van der Waals surface area contributed by atoms with Crippen LogP contribution in [0.15, 0.2) is 18.3 Å². The van der Waals surface area contributed by atoms with Gasteiger partial charge in [-0.3, -0.25) is 4.98 Å². The van der Waals surface area contributed by atoms with Gasteiger partial charge in [-0.15, -0.1) is 0 Å². The van der Waals surface area contributed by atoms with Crippen LogP contribution < -0.4 is 10.6 Å². The largest absolute Gasteiger partial charge is 0.388 e.